The van der Waals surface area contributed by atoms with Crippen LogP contribution in [0.15, 0.2) is 18.5 Å². The highest BCUT2D eigenvalue weighted by Crippen LogP contribution is 2.27. The van der Waals surface area contributed by atoms with Crippen LogP contribution in [0.5, 0.6) is 0 Å². The van der Waals surface area contributed by atoms with E-state index >= 15 is 0 Å². The molecule has 0 radical (unpaired) electrons. The van der Waals surface area contributed by atoms with Gasteiger partial charge >= 0.3 is 0 Å². The first-order valence-corrected chi connectivity index (χ1v) is 6.17. The van der Waals surface area contributed by atoms with E-state index in [4.69, 9.17) is 18.0 Å². The van der Waals surface area contributed by atoms with E-state index in [1.54, 1.807) is 12.4 Å². The highest BCUT2D eigenvalue weighted by molar-refractivity contribution is 7.80. The molecule has 0 aliphatic carbocycles. The first-order chi connectivity index (χ1) is 8.09. The number of pyridine rings is 1. The fraction of sp³-hybridized carbons (Fsp3) is 0.500. The van der Waals surface area contributed by atoms with Gasteiger partial charge in [-0.2, -0.15) is 0 Å². The Kier molecular flexibility index (Phi) is 3.59. The molecule has 1 aromatic heterocycles. The van der Waals surface area contributed by atoms with Crippen LogP contribution in [0.1, 0.15) is 18.9 Å². The number of anilines is 1. The molecule has 0 saturated carbocycles. The molecular formula is C12H17N3OS. The van der Waals surface area contributed by atoms with Gasteiger partial charge < -0.3 is 15.7 Å². The van der Waals surface area contributed by atoms with Crippen molar-refractivity contribution in [2.75, 3.05) is 18.0 Å². The molecule has 0 amide bonds. The Morgan fingerprint density at radius 2 is 2.47 bits per heavy atom. The largest absolute Gasteiger partial charge is 0.393 e. The number of thiocarbonyl (C=S) groups is 1. The molecule has 5 heteroatoms. The number of aliphatic hydroxyl groups excluding tert-OH is 1. The van der Waals surface area contributed by atoms with E-state index in [0.717, 1.165) is 30.8 Å². The van der Waals surface area contributed by atoms with Crippen LogP contribution in [-0.4, -0.2) is 34.3 Å². The molecule has 0 spiro atoms. The van der Waals surface area contributed by atoms with Crippen molar-refractivity contribution in [1.82, 2.24) is 4.98 Å². The lowest BCUT2D eigenvalue weighted by molar-refractivity contribution is 0.136. The maximum Gasteiger partial charge on any atom is 0.106 e. The van der Waals surface area contributed by atoms with E-state index in [9.17, 15) is 5.11 Å². The lowest BCUT2D eigenvalue weighted by atomic mass is 10.0. The minimum atomic E-state index is -0.273. The molecule has 1 saturated heterocycles. The summed E-state index contributed by atoms with van der Waals surface area (Å²) < 4.78 is 0. The Morgan fingerprint density at radius 1 is 1.71 bits per heavy atom. The zero-order valence-corrected chi connectivity index (χ0v) is 10.7. The van der Waals surface area contributed by atoms with Gasteiger partial charge in [-0.15, -0.1) is 0 Å². The maximum absolute atomic E-state index is 9.60. The van der Waals surface area contributed by atoms with Gasteiger partial charge in [-0.05, 0) is 19.4 Å². The third-order valence-corrected chi connectivity index (χ3v) is 3.53. The molecule has 4 nitrogen and oxygen atoms in total. The molecule has 2 atom stereocenters. The number of aliphatic hydroxyl groups is 1. The zero-order chi connectivity index (χ0) is 12.4. The summed E-state index contributed by atoms with van der Waals surface area (Å²) in [6.07, 6.45) is 4.20. The average Bonchev–Trinajstić information content (AvgIpc) is 2.78. The van der Waals surface area contributed by atoms with Gasteiger partial charge in [0.15, 0.2) is 0 Å². The predicted molar refractivity (Wildman–Crippen MR) is 72.1 cm³/mol. The Morgan fingerprint density at radius 3 is 3.06 bits per heavy atom. The number of rotatable bonds is 3. The number of hydrogen-bond donors (Lipinski definition) is 2. The smallest absolute Gasteiger partial charge is 0.106 e. The van der Waals surface area contributed by atoms with Crippen LogP contribution < -0.4 is 10.6 Å². The zero-order valence-electron chi connectivity index (χ0n) is 9.84. The van der Waals surface area contributed by atoms with Gasteiger partial charge in [0.2, 0.25) is 0 Å². The molecule has 1 aliphatic heterocycles. The average molecular weight is 251 g/mol. The second-order valence-corrected chi connectivity index (χ2v) is 4.93. The minimum Gasteiger partial charge on any atom is -0.393 e. The van der Waals surface area contributed by atoms with Gasteiger partial charge in [0.05, 0.1) is 18.0 Å². The summed E-state index contributed by atoms with van der Waals surface area (Å²) in [7, 11) is 0. The topological polar surface area (TPSA) is 62.4 Å². The highest BCUT2D eigenvalue weighted by Gasteiger charge is 2.27. The Labute approximate surface area is 106 Å². The van der Waals surface area contributed by atoms with Crippen LogP contribution in [0.3, 0.4) is 0 Å². The Balaban J connectivity index is 2.21. The summed E-state index contributed by atoms with van der Waals surface area (Å²) in [5.41, 5.74) is 7.54. The molecule has 0 bridgehead atoms. The number of nitrogens with two attached hydrogens (primary N) is 1. The summed E-state index contributed by atoms with van der Waals surface area (Å²) in [4.78, 5) is 6.71. The van der Waals surface area contributed by atoms with Gasteiger partial charge in [-0.1, -0.05) is 12.2 Å². The van der Waals surface area contributed by atoms with E-state index < -0.39 is 0 Å². The van der Waals surface area contributed by atoms with Crippen molar-refractivity contribution < 1.29 is 5.11 Å². The third-order valence-electron chi connectivity index (χ3n) is 3.31. The van der Waals surface area contributed by atoms with Crippen molar-refractivity contribution in [1.29, 1.82) is 0 Å². The first kappa shape index (κ1) is 12.3. The Hall–Kier alpha value is -1.20. The van der Waals surface area contributed by atoms with Crippen molar-refractivity contribution in [3.8, 4) is 0 Å². The first-order valence-electron chi connectivity index (χ1n) is 5.76. The van der Waals surface area contributed by atoms with E-state index in [1.165, 1.54) is 0 Å². The fourth-order valence-corrected chi connectivity index (χ4v) is 2.42. The van der Waals surface area contributed by atoms with Gasteiger partial charge in [-0.25, -0.2) is 0 Å². The summed E-state index contributed by atoms with van der Waals surface area (Å²) in [5, 5.41) is 9.60. The second-order valence-electron chi connectivity index (χ2n) is 4.49. The van der Waals surface area contributed by atoms with E-state index in [2.05, 4.69) is 9.88 Å². The molecule has 2 heterocycles. The lowest BCUT2D eigenvalue weighted by Gasteiger charge is -2.21. The normalized spacial score (nSPS) is 21.5. The second kappa shape index (κ2) is 4.98. The van der Waals surface area contributed by atoms with Gasteiger partial charge in [-0.3, -0.25) is 4.98 Å². The maximum atomic E-state index is 9.60. The molecular weight excluding hydrogens is 234 g/mol. The predicted octanol–water partition coefficient (Wildman–Crippen LogP) is 0.923. The van der Waals surface area contributed by atoms with Crippen LogP contribution in [-0.2, 0) is 0 Å². The van der Waals surface area contributed by atoms with Gasteiger partial charge in [0.1, 0.15) is 4.99 Å². The molecule has 1 aliphatic rings. The van der Waals surface area contributed by atoms with Crippen molar-refractivity contribution >= 4 is 22.9 Å². The van der Waals surface area contributed by atoms with Crippen molar-refractivity contribution in [2.24, 2.45) is 11.7 Å². The number of aromatic nitrogens is 1. The molecule has 1 fully saturated rings. The van der Waals surface area contributed by atoms with Crippen molar-refractivity contribution in [3.05, 3.63) is 24.0 Å². The highest BCUT2D eigenvalue weighted by atomic mass is 32.1. The molecule has 2 rings (SSSR count). The van der Waals surface area contributed by atoms with E-state index in [0.29, 0.717) is 10.9 Å². The summed E-state index contributed by atoms with van der Waals surface area (Å²) in [6, 6.07) is 1.84. The van der Waals surface area contributed by atoms with Crippen molar-refractivity contribution in [3.63, 3.8) is 0 Å². The van der Waals surface area contributed by atoms with Gasteiger partial charge in [0, 0.05) is 30.8 Å². The van der Waals surface area contributed by atoms with Crippen LogP contribution in [0, 0.1) is 5.92 Å². The molecule has 17 heavy (non-hydrogen) atoms. The molecule has 0 aromatic carbocycles. The molecule has 3 N–H and O–H groups in total. The molecule has 1 aromatic rings. The van der Waals surface area contributed by atoms with Crippen molar-refractivity contribution in [2.45, 2.75) is 19.4 Å². The molecule has 92 valence electrons. The fourth-order valence-electron chi connectivity index (χ4n) is 2.25. The van der Waals surface area contributed by atoms with E-state index in [1.807, 2.05) is 13.0 Å². The van der Waals surface area contributed by atoms with Crippen LogP contribution in [0.25, 0.3) is 0 Å². The van der Waals surface area contributed by atoms with Gasteiger partial charge in [0.25, 0.3) is 0 Å². The van der Waals surface area contributed by atoms with Crippen LogP contribution >= 0.6 is 12.2 Å². The molecule has 2 unspecified atom stereocenters. The van der Waals surface area contributed by atoms with Crippen LogP contribution in [0.4, 0.5) is 5.69 Å². The quantitative estimate of drug-likeness (QED) is 0.782. The third kappa shape index (κ3) is 2.56. The number of nitrogens with zero attached hydrogens (tertiary/aromatic N) is 2. The number of hydrogen-bond acceptors (Lipinski definition) is 4. The lowest BCUT2D eigenvalue weighted by Crippen LogP contribution is -2.26. The summed E-state index contributed by atoms with van der Waals surface area (Å²) in [5.74, 6) is 0.314. The Bertz CT molecular complexity index is 422. The standard InChI is InChI=1S/C12H17N3OS/c1-8(16)9-3-5-15(7-9)11-6-14-4-2-10(11)12(13)17/h2,4,6,8-9,16H,3,5,7H2,1H3,(H2,13,17). The SMILES string of the molecule is CC(O)C1CCN(c2cnccc2C(N)=S)C1. The van der Waals surface area contributed by atoms with E-state index in [-0.39, 0.29) is 6.10 Å². The van der Waals surface area contributed by atoms with Crippen LogP contribution in [0.2, 0.25) is 0 Å². The summed E-state index contributed by atoms with van der Waals surface area (Å²) >= 11 is 5.04. The minimum absolute atomic E-state index is 0.273. The monoisotopic (exact) mass is 251 g/mol. The summed E-state index contributed by atoms with van der Waals surface area (Å²) in [6.45, 7) is 3.59.